The van der Waals surface area contributed by atoms with Gasteiger partial charge in [0.2, 0.25) is 5.89 Å². The summed E-state index contributed by atoms with van der Waals surface area (Å²) in [7, 11) is 0. The van der Waals surface area contributed by atoms with E-state index in [1.54, 1.807) is 12.3 Å². The second-order valence-corrected chi connectivity index (χ2v) is 8.21. The zero-order valence-electron chi connectivity index (χ0n) is 18.1. The zero-order chi connectivity index (χ0) is 23.7. The second kappa shape index (κ2) is 11.8. The Kier molecular flexibility index (Phi) is 8.79. The van der Waals surface area contributed by atoms with Crippen LogP contribution in [-0.4, -0.2) is 33.2 Å². The minimum Gasteiger partial charge on any atom is -0.339 e. The minimum absolute atomic E-state index is 0.184. The molecule has 1 atom stereocenters. The van der Waals surface area contributed by atoms with Crippen molar-refractivity contribution in [3.8, 4) is 0 Å². The lowest BCUT2D eigenvalue weighted by Crippen LogP contribution is -2.27. The van der Waals surface area contributed by atoms with Crippen LogP contribution in [0.5, 0.6) is 0 Å². The van der Waals surface area contributed by atoms with Crippen molar-refractivity contribution in [2.45, 2.75) is 76.3 Å². The number of hydrogen-bond acceptors (Lipinski definition) is 8. The lowest BCUT2D eigenvalue weighted by Gasteiger charge is -2.22. The van der Waals surface area contributed by atoms with Crippen LogP contribution in [0.1, 0.15) is 81.1 Å². The number of nitrogens with zero attached hydrogens (tertiary/aromatic N) is 3. The molecule has 8 nitrogen and oxygen atoms in total. The number of alkyl halides is 3. The summed E-state index contributed by atoms with van der Waals surface area (Å²) in [5, 5.41) is 3.93. The Morgan fingerprint density at radius 1 is 1.15 bits per heavy atom. The Bertz CT molecular complexity index is 898. The van der Waals surface area contributed by atoms with Gasteiger partial charge in [0, 0.05) is 17.8 Å². The van der Waals surface area contributed by atoms with E-state index in [4.69, 9.17) is 4.52 Å². The van der Waals surface area contributed by atoms with E-state index < -0.39 is 24.0 Å². The van der Waals surface area contributed by atoms with Gasteiger partial charge in [0.25, 0.3) is 0 Å². The highest BCUT2D eigenvalue weighted by Gasteiger charge is 2.43. The maximum absolute atomic E-state index is 12.2. The van der Waals surface area contributed by atoms with Gasteiger partial charge in [-0.2, -0.15) is 18.2 Å². The smallest absolute Gasteiger partial charge is 0.339 e. The summed E-state index contributed by atoms with van der Waals surface area (Å²) in [6, 6.07) is 5.42. The van der Waals surface area contributed by atoms with E-state index in [0.29, 0.717) is 24.6 Å². The van der Waals surface area contributed by atoms with Crippen LogP contribution in [0, 0.1) is 5.92 Å². The predicted molar refractivity (Wildman–Crippen MR) is 107 cm³/mol. The van der Waals surface area contributed by atoms with Crippen LogP contribution in [0.3, 0.4) is 0 Å². The Hall–Kier alpha value is -2.98. The van der Waals surface area contributed by atoms with Crippen molar-refractivity contribution >= 4 is 11.9 Å². The second-order valence-electron chi connectivity index (χ2n) is 8.21. The fraction of sp³-hybridized carbons (Fsp3) is 0.591. The first-order valence-corrected chi connectivity index (χ1v) is 11.0. The Morgan fingerprint density at radius 3 is 2.64 bits per heavy atom. The Labute approximate surface area is 188 Å². The Balaban J connectivity index is 1.60. The molecule has 33 heavy (non-hydrogen) atoms. The van der Waals surface area contributed by atoms with E-state index in [1.165, 1.54) is 32.1 Å². The summed E-state index contributed by atoms with van der Waals surface area (Å²) in [6.07, 6.45) is 4.64. The van der Waals surface area contributed by atoms with Crippen LogP contribution in [0.4, 0.5) is 13.2 Å². The molecule has 1 fully saturated rings. The third-order valence-electron chi connectivity index (χ3n) is 5.64. The maximum Gasteiger partial charge on any atom is 0.495 e. The SMILES string of the molecule is O=C(C[C@@H](CCCC1CCCCC1)c1nc(Cc2ccccn2)no1)OOC(=O)C(F)(F)F. The fourth-order valence-electron chi connectivity index (χ4n) is 3.98. The average Bonchev–Trinajstić information content (AvgIpc) is 3.26. The molecule has 0 radical (unpaired) electrons. The molecule has 3 rings (SSSR count). The van der Waals surface area contributed by atoms with Crippen LogP contribution in [0.2, 0.25) is 0 Å². The number of carbonyl (C=O) groups is 2. The largest absolute Gasteiger partial charge is 0.495 e. The number of aromatic nitrogens is 3. The number of pyridine rings is 1. The maximum atomic E-state index is 12.2. The Morgan fingerprint density at radius 2 is 1.94 bits per heavy atom. The van der Waals surface area contributed by atoms with E-state index in [9.17, 15) is 22.8 Å². The summed E-state index contributed by atoms with van der Waals surface area (Å²) in [5.41, 5.74) is 0.733. The van der Waals surface area contributed by atoms with Gasteiger partial charge in [-0.15, -0.1) is 0 Å². The average molecular weight is 469 g/mol. The molecule has 0 saturated heterocycles. The molecule has 2 heterocycles. The lowest BCUT2D eigenvalue weighted by molar-refractivity contribution is -0.286. The summed E-state index contributed by atoms with van der Waals surface area (Å²) in [5.74, 6) is -3.11. The normalized spacial score (nSPS) is 15.7. The van der Waals surface area contributed by atoms with E-state index >= 15 is 0 Å². The van der Waals surface area contributed by atoms with Gasteiger partial charge in [-0.25, -0.2) is 19.4 Å². The molecule has 0 amide bonds. The van der Waals surface area contributed by atoms with Crippen molar-refractivity contribution in [3.63, 3.8) is 0 Å². The third-order valence-corrected chi connectivity index (χ3v) is 5.64. The topological polar surface area (TPSA) is 104 Å². The first-order chi connectivity index (χ1) is 15.8. The molecule has 0 N–H and O–H groups in total. The quantitative estimate of drug-likeness (QED) is 0.379. The molecule has 0 aliphatic heterocycles. The van der Waals surface area contributed by atoms with Crippen LogP contribution < -0.4 is 0 Å². The van der Waals surface area contributed by atoms with E-state index in [-0.39, 0.29) is 12.3 Å². The summed E-state index contributed by atoms with van der Waals surface area (Å²) < 4.78 is 42.1. The molecule has 1 aliphatic rings. The zero-order valence-corrected chi connectivity index (χ0v) is 18.1. The third kappa shape index (κ3) is 8.14. The molecular weight excluding hydrogens is 443 g/mol. The highest BCUT2D eigenvalue weighted by atomic mass is 19.4. The van der Waals surface area contributed by atoms with Gasteiger partial charge >= 0.3 is 18.1 Å². The number of hydrogen-bond donors (Lipinski definition) is 0. The summed E-state index contributed by atoms with van der Waals surface area (Å²) in [4.78, 5) is 39.1. The molecule has 0 aromatic carbocycles. The van der Waals surface area contributed by atoms with Crippen molar-refractivity contribution in [2.24, 2.45) is 5.92 Å². The van der Waals surface area contributed by atoms with Crippen molar-refractivity contribution in [1.29, 1.82) is 0 Å². The number of carbonyl (C=O) groups excluding carboxylic acids is 2. The molecule has 0 unspecified atom stereocenters. The predicted octanol–water partition coefficient (Wildman–Crippen LogP) is 4.84. The molecular formula is C22H26F3N3O5. The van der Waals surface area contributed by atoms with Gasteiger partial charge in [-0.05, 0) is 24.5 Å². The van der Waals surface area contributed by atoms with Gasteiger partial charge in [0.05, 0.1) is 12.8 Å². The highest BCUT2D eigenvalue weighted by molar-refractivity contribution is 5.77. The van der Waals surface area contributed by atoms with Gasteiger partial charge in [0.15, 0.2) is 5.82 Å². The van der Waals surface area contributed by atoms with Gasteiger partial charge in [-0.1, -0.05) is 56.2 Å². The number of rotatable bonds is 9. The highest BCUT2D eigenvalue weighted by Crippen LogP contribution is 2.31. The molecule has 180 valence electrons. The first-order valence-electron chi connectivity index (χ1n) is 11.0. The summed E-state index contributed by atoms with van der Waals surface area (Å²) in [6.45, 7) is 0. The molecule has 0 spiro atoms. The van der Waals surface area contributed by atoms with E-state index in [1.807, 2.05) is 12.1 Å². The molecule has 1 saturated carbocycles. The standard InChI is InChI=1S/C22H26F3N3O5/c23-22(24,25)21(30)33-32-19(29)13-16(10-6-9-15-7-2-1-3-8-15)20-27-18(28-31-20)14-17-11-4-5-12-26-17/h4-5,11-12,15-16H,1-3,6-10,13-14H2/t16-/m1/s1. The summed E-state index contributed by atoms with van der Waals surface area (Å²) >= 11 is 0. The van der Waals surface area contributed by atoms with Crippen molar-refractivity contribution in [1.82, 2.24) is 15.1 Å². The molecule has 11 heteroatoms. The fourth-order valence-corrected chi connectivity index (χ4v) is 3.98. The van der Waals surface area contributed by atoms with Gasteiger partial charge in [-0.3, -0.25) is 4.98 Å². The van der Waals surface area contributed by atoms with Crippen molar-refractivity contribution in [2.75, 3.05) is 0 Å². The molecule has 2 aromatic rings. The monoisotopic (exact) mass is 469 g/mol. The van der Waals surface area contributed by atoms with E-state index in [2.05, 4.69) is 24.9 Å². The first kappa shape index (κ1) is 24.7. The van der Waals surface area contributed by atoms with Crippen molar-refractivity contribution < 1.29 is 37.1 Å². The minimum atomic E-state index is -5.26. The van der Waals surface area contributed by atoms with Gasteiger partial charge in [0.1, 0.15) is 0 Å². The van der Waals surface area contributed by atoms with Crippen LogP contribution in [-0.2, 0) is 25.8 Å². The molecule has 0 bridgehead atoms. The van der Waals surface area contributed by atoms with Crippen molar-refractivity contribution in [3.05, 3.63) is 41.8 Å². The van der Waals surface area contributed by atoms with Crippen LogP contribution in [0.15, 0.2) is 28.9 Å². The van der Waals surface area contributed by atoms with Crippen LogP contribution >= 0.6 is 0 Å². The lowest BCUT2D eigenvalue weighted by atomic mass is 9.84. The van der Waals surface area contributed by atoms with Gasteiger partial charge < -0.3 is 4.52 Å². The number of halogens is 3. The molecule has 2 aromatic heterocycles. The van der Waals surface area contributed by atoms with Crippen LogP contribution in [0.25, 0.3) is 0 Å². The van der Waals surface area contributed by atoms with E-state index in [0.717, 1.165) is 18.5 Å². The molecule has 1 aliphatic carbocycles.